The van der Waals surface area contributed by atoms with E-state index in [0.717, 1.165) is 6.42 Å². The van der Waals surface area contributed by atoms with Crippen LogP contribution in [0.15, 0.2) is 91.0 Å². The van der Waals surface area contributed by atoms with E-state index in [9.17, 15) is 0 Å². The highest BCUT2D eigenvalue weighted by atomic mass is 28.3. The van der Waals surface area contributed by atoms with Crippen LogP contribution < -0.4 is 20.8 Å². The summed E-state index contributed by atoms with van der Waals surface area (Å²) in [6.07, 6.45) is 10.4. The van der Waals surface area contributed by atoms with E-state index in [-0.39, 0.29) is 10.8 Å². The van der Waals surface area contributed by atoms with Gasteiger partial charge >= 0.3 is 0 Å². The van der Waals surface area contributed by atoms with Crippen LogP contribution in [-0.4, -0.2) is 16.1 Å². The minimum atomic E-state index is -1.45. The standard InChI is InChI=1S/C45H54Si2/c1-44(2,3)39-19-15-18-35-36-29-40(45(4,5)6)43(42(30-16-13-14-17-30)38(36)28-37(35)39)41(31-20-24-33(25-21-31)46(7,8)9)32-22-26-34(27-23-32)47(10,11)12/h13-16,18-29H,17H2,1-12H3. The van der Waals surface area contributed by atoms with Crippen LogP contribution in [0.4, 0.5) is 0 Å². The highest BCUT2D eigenvalue weighted by molar-refractivity contribution is 6.89. The average Bonchev–Trinajstić information content (AvgIpc) is 3.64. The van der Waals surface area contributed by atoms with Crippen LogP contribution in [0.3, 0.4) is 0 Å². The van der Waals surface area contributed by atoms with Gasteiger partial charge in [-0.15, -0.1) is 0 Å². The molecule has 0 saturated heterocycles. The van der Waals surface area contributed by atoms with Crippen LogP contribution in [0.5, 0.6) is 0 Å². The van der Waals surface area contributed by atoms with E-state index in [0.29, 0.717) is 0 Å². The minimum Gasteiger partial charge on any atom is -0.0801 e. The molecule has 0 saturated carbocycles. The van der Waals surface area contributed by atoms with Gasteiger partial charge in [-0.2, -0.15) is 0 Å². The largest absolute Gasteiger partial charge is 0.0801 e. The van der Waals surface area contributed by atoms with Crippen LogP contribution >= 0.6 is 0 Å². The Morgan fingerprint density at radius 3 is 1.60 bits per heavy atom. The van der Waals surface area contributed by atoms with Gasteiger partial charge < -0.3 is 0 Å². The second kappa shape index (κ2) is 11.6. The van der Waals surface area contributed by atoms with Crippen molar-refractivity contribution < 1.29 is 0 Å². The molecular formula is C45H54Si2. The molecule has 0 nitrogen and oxygen atoms in total. The second-order valence-corrected chi connectivity index (χ2v) is 28.1. The molecule has 0 fully saturated rings. The number of fused-ring (bicyclic) bond motifs is 2. The third-order valence-electron chi connectivity index (χ3n) is 10.1. The third kappa shape index (κ3) is 6.27. The van der Waals surface area contributed by atoms with Gasteiger partial charge in [0.1, 0.15) is 0 Å². The van der Waals surface area contributed by atoms with Gasteiger partial charge in [0, 0.05) is 0 Å². The Balaban J connectivity index is 1.86. The summed E-state index contributed by atoms with van der Waals surface area (Å²) in [5.74, 6) is 0. The first-order valence-electron chi connectivity index (χ1n) is 17.5. The Hall–Kier alpha value is -3.47. The molecule has 4 aromatic carbocycles. The Morgan fingerprint density at radius 2 is 1.15 bits per heavy atom. The molecule has 0 unspecified atom stereocenters. The molecule has 0 aromatic heterocycles. The molecule has 6 rings (SSSR count). The normalized spacial score (nSPS) is 14.5. The van der Waals surface area contributed by atoms with Crippen molar-refractivity contribution in [3.8, 4) is 0 Å². The van der Waals surface area contributed by atoms with E-state index in [2.05, 4.69) is 178 Å². The lowest BCUT2D eigenvalue weighted by molar-refractivity contribution is 0.584. The zero-order chi connectivity index (χ0) is 34.1. The molecule has 47 heavy (non-hydrogen) atoms. The van der Waals surface area contributed by atoms with Crippen molar-refractivity contribution in [2.75, 3.05) is 0 Å². The minimum absolute atomic E-state index is 0.0570. The molecule has 4 aromatic rings. The lowest BCUT2D eigenvalue weighted by atomic mass is 9.78. The number of allylic oxidation sites excluding steroid dienone is 4. The summed E-state index contributed by atoms with van der Waals surface area (Å²) in [6, 6.07) is 28.8. The first-order valence-corrected chi connectivity index (χ1v) is 24.5. The fourth-order valence-corrected chi connectivity index (χ4v) is 9.70. The molecule has 0 atom stereocenters. The van der Waals surface area contributed by atoms with E-state index in [1.165, 1.54) is 75.8 Å². The summed E-state index contributed by atoms with van der Waals surface area (Å²) < 4.78 is 0. The Labute approximate surface area is 286 Å². The molecule has 2 aliphatic rings. The first-order chi connectivity index (χ1) is 21.9. The average molecular weight is 651 g/mol. The van der Waals surface area contributed by atoms with Crippen molar-refractivity contribution >= 4 is 43.7 Å². The maximum absolute atomic E-state index is 2.55. The maximum atomic E-state index is 2.55. The Kier molecular flexibility index (Phi) is 8.25. The molecule has 0 radical (unpaired) electrons. The van der Waals surface area contributed by atoms with Gasteiger partial charge in [0.05, 0.1) is 16.1 Å². The number of hydrogen-bond acceptors (Lipinski definition) is 0. The van der Waals surface area contributed by atoms with Gasteiger partial charge in [0.2, 0.25) is 0 Å². The predicted octanol–water partition coefficient (Wildman–Crippen LogP) is 9.39. The monoisotopic (exact) mass is 650 g/mol. The zero-order valence-electron chi connectivity index (χ0n) is 30.9. The molecule has 0 heterocycles. The lowest BCUT2D eigenvalue weighted by Gasteiger charge is -2.26. The molecule has 2 aliphatic carbocycles. The van der Waals surface area contributed by atoms with Crippen LogP contribution in [0.1, 0.15) is 81.3 Å². The SMILES string of the molecule is CC(C)(C)c1cc2c(c(C3=CC=CC3)c1=C(c1ccc([Si](C)(C)C)cc1)c1ccc([Si](C)(C)C)cc1)C=c1c(C(C)(C)C)cccc1=2. The molecule has 0 spiro atoms. The lowest BCUT2D eigenvalue weighted by Crippen LogP contribution is -2.37. The van der Waals surface area contributed by atoms with E-state index in [1.807, 2.05) is 0 Å². The van der Waals surface area contributed by atoms with Gasteiger partial charge in [-0.05, 0) is 94.8 Å². The Morgan fingerprint density at radius 1 is 0.617 bits per heavy atom. The molecular weight excluding hydrogens is 597 g/mol. The van der Waals surface area contributed by atoms with Gasteiger partial charge in [0.25, 0.3) is 0 Å². The van der Waals surface area contributed by atoms with Crippen LogP contribution in [0.25, 0.3) is 17.2 Å². The second-order valence-electron chi connectivity index (χ2n) is 17.9. The molecule has 2 heteroatoms. The molecule has 242 valence electrons. The van der Waals surface area contributed by atoms with Crippen LogP contribution in [-0.2, 0) is 10.8 Å². The van der Waals surface area contributed by atoms with E-state index < -0.39 is 16.1 Å². The smallest absolute Gasteiger partial charge is 0.0775 e. The third-order valence-corrected chi connectivity index (χ3v) is 14.2. The van der Waals surface area contributed by atoms with Crippen LogP contribution in [0.2, 0.25) is 39.3 Å². The van der Waals surface area contributed by atoms with Gasteiger partial charge in [-0.1, -0.05) is 176 Å². The zero-order valence-corrected chi connectivity index (χ0v) is 32.9. The number of rotatable bonds is 5. The van der Waals surface area contributed by atoms with Crippen LogP contribution in [0, 0.1) is 10.4 Å². The van der Waals surface area contributed by atoms with Crippen molar-refractivity contribution in [3.63, 3.8) is 0 Å². The fraction of sp³-hybridized carbons (Fsp3) is 0.333. The van der Waals surface area contributed by atoms with E-state index >= 15 is 0 Å². The van der Waals surface area contributed by atoms with E-state index in [4.69, 9.17) is 0 Å². The van der Waals surface area contributed by atoms with Gasteiger partial charge in [-0.3, -0.25) is 0 Å². The van der Waals surface area contributed by atoms with Crippen molar-refractivity contribution in [2.45, 2.75) is 98.1 Å². The fourth-order valence-electron chi connectivity index (χ4n) is 7.37. The van der Waals surface area contributed by atoms with Crippen molar-refractivity contribution in [2.24, 2.45) is 0 Å². The summed E-state index contributed by atoms with van der Waals surface area (Å²) in [6.45, 7) is 28.9. The van der Waals surface area contributed by atoms with Gasteiger partial charge in [0.15, 0.2) is 0 Å². The van der Waals surface area contributed by atoms with Crippen molar-refractivity contribution in [3.05, 3.63) is 145 Å². The summed E-state index contributed by atoms with van der Waals surface area (Å²) in [5.41, 5.74) is 11.0. The maximum Gasteiger partial charge on any atom is 0.0775 e. The molecule has 0 N–H and O–H groups in total. The summed E-state index contributed by atoms with van der Waals surface area (Å²) >= 11 is 0. The number of benzene rings is 4. The Bertz CT molecular complexity index is 2090. The summed E-state index contributed by atoms with van der Waals surface area (Å²) in [7, 11) is -2.90. The number of hydrogen-bond donors (Lipinski definition) is 0. The highest BCUT2D eigenvalue weighted by Gasteiger charge is 2.28. The van der Waals surface area contributed by atoms with E-state index in [1.54, 1.807) is 0 Å². The summed E-state index contributed by atoms with van der Waals surface area (Å²) in [5, 5.41) is 8.54. The highest BCUT2D eigenvalue weighted by Crippen LogP contribution is 2.34. The molecule has 0 aliphatic heterocycles. The topological polar surface area (TPSA) is 0 Å². The molecule has 0 bridgehead atoms. The molecule has 0 amide bonds. The van der Waals surface area contributed by atoms with Crippen molar-refractivity contribution in [1.29, 1.82) is 0 Å². The predicted molar refractivity (Wildman–Crippen MR) is 213 cm³/mol. The van der Waals surface area contributed by atoms with Crippen molar-refractivity contribution in [1.82, 2.24) is 0 Å². The summed E-state index contributed by atoms with van der Waals surface area (Å²) in [4.78, 5) is 0. The van der Waals surface area contributed by atoms with Gasteiger partial charge in [-0.25, -0.2) is 0 Å². The quantitative estimate of drug-likeness (QED) is 0.166. The first kappa shape index (κ1) is 33.4.